The third-order valence-electron chi connectivity index (χ3n) is 1.16. The third-order valence-corrected chi connectivity index (χ3v) is 1.16. The average molecular weight is 170 g/mol. The molecule has 1 rings (SSSR count). The van der Waals surface area contributed by atoms with Crippen molar-refractivity contribution in [3.63, 3.8) is 0 Å². The molecule has 11 heavy (non-hydrogen) atoms. The van der Waals surface area contributed by atoms with E-state index in [2.05, 4.69) is 10.0 Å². The Hall–Kier alpha value is -1.18. The van der Waals surface area contributed by atoms with Gasteiger partial charge in [-0.2, -0.15) is 0 Å². The number of halogens is 1. The Kier molecular flexibility index (Phi) is 4.99. The number of nitrogens with zero attached hydrogens (tertiary/aromatic N) is 3. The Morgan fingerprint density at radius 3 is 2.45 bits per heavy atom. The molecular weight excluding hydrogens is 162 g/mol. The van der Waals surface area contributed by atoms with E-state index < -0.39 is 0 Å². The van der Waals surface area contributed by atoms with Crippen molar-refractivity contribution in [3.05, 3.63) is 46.3 Å². The highest BCUT2D eigenvalue weighted by Gasteiger charge is 1.83. The zero-order valence-corrected chi connectivity index (χ0v) is 6.66. The number of benzene rings is 1. The summed E-state index contributed by atoms with van der Waals surface area (Å²) >= 11 is 0. The van der Waals surface area contributed by atoms with Crippen molar-refractivity contribution < 1.29 is 0 Å². The van der Waals surface area contributed by atoms with Crippen LogP contribution < -0.4 is 0 Å². The van der Waals surface area contributed by atoms with E-state index in [0.717, 1.165) is 5.56 Å². The van der Waals surface area contributed by atoms with Gasteiger partial charge in [0, 0.05) is 4.91 Å². The van der Waals surface area contributed by atoms with Crippen LogP contribution in [0.4, 0.5) is 0 Å². The van der Waals surface area contributed by atoms with Gasteiger partial charge in [0.1, 0.15) is 0 Å². The van der Waals surface area contributed by atoms with Crippen molar-refractivity contribution in [1.82, 2.24) is 0 Å². The highest BCUT2D eigenvalue weighted by Crippen LogP contribution is 1.99. The summed E-state index contributed by atoms with van der Waals surface area (Å²) in [4.78, 5) is 2.66. The maximum Gasteiger partial charge on any atom is 0.0510 e. The van der Waals surface area contributed by atoms with Crippen LogP contribution in [0.5, 0.6) is 0 Å². The van der Waals surface area contributed by atoms with E-state index in [1.807, 2.05) is 30.3 Å². The molecular formula is C7H8ClN3. The Bertz CT molecular complexity index is 241. The first kappa shape index (κ1) is 9.82. The Labute approximate surface area is 71.1 Å². The van der Waals surface area contributed by atoms with Crippen molar-refractivity contribution in [1.29, 1.82) is 0 Å². The van der Waals surface area contributed by atoms with Crippen molar-refractivity contribution in [2.75, 3.05) is 0 Å². The number of hydrogen-bond acceptors (Lipinski definition) is 1. The molecule has 0 unspecified atom stereocenters. The summed E-state index contributed by atoms with van der Waals surface area (Å²) in [7, 11) is 0. The summed E-state index contributed by atoms with van der Waals surface area (Å²) in [6, 6.07) is 9.62. The first-order valence-electron chi connectivity index (χ1n) is 2.98. The molecule has 0 aliphatic heterocycles. The molecule has 1 aromatic carbocycles. The second-order valence-electron chi connectivity index (χ2n) is 1.87. The van der Waals surface area contributed by atoms with Gasteiger partial charge in [-0.3, -0.25) is 0 Å². The van der Waals surface area contributed by atoms with Crippen molar-refractivity contribution in [2.24, 2.45) is 5.11 Å². The predicted molar refractivity (Wildman–Crippen MR) is 46.5 cm³/mol. The van der Waals surface area contributed by atoms with E-state index in [4.69, 9.17) is 5.53 Å². The van der Waals surface area contributed by atoms with E-state index in [0.29, 0.717) is 6.54 Å². The van der Waals surface area contributed by atoms with E-state index in [1.54, 1.807) is 0 Å². The highest BCUT2D eigenvalue weighted by atomic mass is 35.5. The largest absolute Gasteiger partial charge is 0.147 e. The van der Waals surface area contributed by atoms with E-state index >= 15 is 0 Å². The minimum absolute atomic E-state index is 0. The van der Waals surface area contributed by atoms with E-state index in [-0.39, 0.29) is 12.4 Å². The molecule has 0 aliphatic carbocycles. The standard InChI is InChI=1S/C7H7N3.ClH/c8-10-9-6-7-4-2-1-3-5-7;/h1-5H,6H2;1H. The zero-order chi connectivity index (χ0) is 7.23. The van der Waals surface area contributed by atoms with Gasteiger partial charge in [0.2, 0.25) is 0 Å². The van der Waals surface area contributed by atoms with Crippen LogP contribution in [0.2, 0.25) is 0 Å². The SMILES string of the molecule is Cl.[N-]=[N+]=NCc1ccccc1. The van der Waals surface area contributed by atoms with Gasteiger partial charge < -0.3 is 0 Å². The Morgan fingerprint density at radius 1 is 1.27 bits per heavy atom. The lowest BCUT2D eigenvalue weighted by atomic mass is 10.2. The Balaban J connectivity index is 0.000001000. The summed E-state index contributed by atoms with van der Waals surface area (Å²) in [6.07, 6.45) is 0. The highest BCUT2D eigenvalue weighted by molar-refractivity contribution is 5.85. The number of hydrogen-bond donors (Lipinski definition) is 0. The summed E-state index contributed by atoms with van der Waals surface area (Å²) in [5.74, 6) is 0. The van der Waals surface area contributed by atoms with E-state index in [1.165, 1.54) is 0 Å². The molecule has 0 heterocycles. The molecule has 0 aromatic heterocycles. The van der Waals surface area contributed by atoms with Crippen molar-refractivity contribution in [2.45, 2.75) is 6.54 Å². The molecule has 4 heteroatoms. The molecule has 0 aliphatic rings. The summed E-state index contributed by atoms with van der Waals surface area (Å²) in [5.41, 5.74) is 9.03. The van der Waals surface area contributed by atoms with Crippen LogP contribution in [0.15, 0.2) is 35.4 Å². The Morgan fingerprint density at radius 2 is 1.91 bits per heavy atom. The first-order valence-corrected chi connectivity index (χ1v) is 2.98. The van der Waals surface area contributed by atoms with Crippen LogP contribution >= 0.6 is 12.4 Å². The van der Waals surface area contributed by atoms with Gasteiger partial charge in [0.15, 0.2) is 0 Å². The fourth-order valence-electron chi connectivity index (χ4n) is 0.697. The van der Waals surface area contributed by atoms with Gasteiger partial charge in [0.05, 0.1) is 6.54 Å². The van der Waals surface area contributed by atoms with Crippen LogP contribution in [0.1, 0.15) is 5.56 Å². The summed E-state index contributed by atoms with van der Waals surface area (Å²) < 4.78 is 0. The molecule has 58 valence electrons. The molecule has 0 spiro atoms. The van der Waals surface area contributed by atoms with E-state index in [9.17, 15) is 0 Å². The predicted octanol–water partition coefficient (Wildman–Crippen LogP) is 2.92. The third kappa shape index (κ3) is 3.50. The number of rotatable bonds is 2. The second kappa shape index (κ2) is 5.59. The van der Waals surface area contributed by atoms with Crippen LogP contribution in [0.3, 0.4) is 0 Å². The average Bonchev–Trinajstić information content (AvgIpc) is 2.03. The lowest BCUT2D eigenvalue weighted by Crippen LogP contribution is -1.75. The smallest absolute Gasteiger partial charge is 0.0510 e. The minimum Gasteiger partial charge on any atom is -0.147 e. The molecule has 1 aromatic rings. The van der Waals surface area contributed by atoms with Gasteiger partial charge in [-0.1, -0.05) is 35.4 Å². The molecule has 3 nitrogen and oxygen atoms in total. The van der Waals surface area contributed by atoms with Gasteiger partial charge >= 0.3 is 0 Å². The summed E-state index contributed by atoms with van der Waals surface area (Å²) in [6.45, 7) is 0.442. The van der Waals surface area contributed by atoms with Gasteiger partial charge in [0.25, 0.3) is 0 Å². The van der Waals surface area contributed by atoms with Crippen molar-refractivity contribution in [3.8, 4) is 0 Å². The molecule has 0 atom stereocenters. The zero-order valence-electron chi connectivity index (χ0n) is 5.84. The van der Waals surface area contributed by atoms with Crippen LogP contribution in [0.25, 0.3) is 10.4 Å². The lowest BCUT2D eigenvalue weighted by molar-refractivity contribution is 1.05. The van der Waals surface area contributed by atoms with Gasteiger partial charge in [-0.05, 0) is 11.1 Å². The van der Waals surface area contributed by atoms with Gasteiger partial charge in [-0.25, -0.2) is 0 Å². The maximum atomic E-state index is 7.99. The molecule has 0 radical (unpaired) electrons. The molecule has 0 amide bonds. The van der Waals surface area contributed by atoms with Crippen LogP contribution in [-0.4, -0.2) is 0 Å². The fraction of sp³-hybridized carbons (Fsp3) is 0.143. The molecule has 0 N–H and O–H groups in total. The normalized spacial score (nSPS) is 7.64. The molecule has 0 saturated heterocycles. The molecule has 0 fully saturated rings. The van der Waals surface area contributed by atoms with Crippen molar-refractivity contribution >= 4 is 12.4 Å². The molecule has 0 saturated carbocycles. The summed E-state index contributed by atoms with van der Waals surface area (Å²) in [5, 5.41) is 3.42. The quantitative estimate of drug-likeness (QED) is 0.371. The first-order chi connectivity index (χ1) is 4.93. The topological polar surface area (TPSA) is 48.8 Å². The monoisotopic (exact) mass is 169 g/mol. The minimum atomic E-state index is 0. The fourth-order valence-corrected chi connectivity index (χ4v) is 0.697. The second-order valence-corrected chi connectivity index (χ2v) is 1.87. The maximum absolute atomic E-state index is 7.99. The van der Waals surface area contributed by atoms with Crippen LogP contribution in [0, 0.1) is 0 Å². The number of azide groups is 1. The van der Waals surface area contributed by atoms with Crippen LogP contribution in [-0.2, 0) is 6.54 Å². The molecule has 0 bridgehead atoms. The lowest BCUT2D eigenvalue weighted by Gasteiger charge is -1.90. The van der Waals surface area contributed by atoms with Gasteiger partial charge in [-0.15, -0.1) is 12.4 Å².